The highest BCUT2D eigenvalue weighted by atomic mass is 16.1. The van der Waals surface area contributed by atoms with Crippen LogP contribution in [0.4, 0.5) is 0 Å². The van der Waals surface area contributed by atoms with Gasteiger partial charge >= 0.3 is 0 Å². The Morgan fingerprint density at radius 1 is 0.706 bits per heavy atom. The number of amides is 1. The highest BCUT2D eigenvalue weighted by Crippen LogP contribution is 2.09. The molecule has 4 nitrogen and oxygen atoms in total. The molecule has 0 radical (unpaired) electrons. The van der Waals surface area contributed by atoms with Gasteiger partial charge < -0.3 is 9.80 Å². The Balaban J connectivity index is 1.62. The summed E-state index contributed by atoms with van der Waals surface area (Å²) in [4.78, 5) is 17.6. The number of rotatable bonds is 4. The van der Waals surface area contributed by atoms with E-state index in [-0.39, 0.29) is 0 Å². The third-order valence-electron chi connectivity index (χ3n) is 3.99. The number of carbonyl (C=O) groups is 1. The first kappa shape index (κ1) is 12.8. The fraction of sp³-hybridized carbons (Fsp3) is 0.923. The second kappa shape index (κ2) is 6.97. The molecule has 0 aliphatic carbocycles. The van der Waals surface area contributed by atoms with Crippen molar-refractivity contribution in [3.8, 4) is 0 Å². The van der Waals surface area contributed by atoms with Crippen LogP contribution in [-0.4, -0.2) is 73.5 Å². The third-order valence-corrected chi connectivity index (χ3v) is 3.99. The molecule has 2 saturated heterocycles. The van der Waals surface area contributed by atoms with Crippen LogP contribution >= 0.6 is 0 Å². The molecular formula is C13H25N3O. The smallest absolute Gasteiger partial charge is 0.209 e. The molecular weight excluding hydrogens is 214 g/mol. The number of carbonyl (C=O) groups excluding carboxylic acids is 1. The lowest BCUT2D eigenvalue weighted by Gasteiger charge is -2.33. The van der Waals surface area contributed by atoms with Gasteiger partial charge in [0.25, 0.3) is 0 Å². The standard InChI is InChI=1S/C13H25N3O/c17-13-16-11-9-15(10-12-16)8-7-14-5-3-1-2-4-6-14/h13H,1-12H2. The molecule has 2 aliphatic rings. The summed E-state index contributed by atoms with van der Waals surface area (Å²) < 4.78 is 0. The van der Waals surface area contributed by atoms with Crippen molar-refractivity contribution in [1.82, 2.24) is 14.7 Å². The highest BCUT2D eigenvalue weighted by molar-refractivity contribution is 5.47. The average Bonchev–Trinajstić information content (AvgIpc) is 2.65. The average molecular weight is 239 g/mol. The zero-order chi connectivity index (χ0) is 11.9. The third kappa shape index (κ3) is 4.28. The van der Waals surface area contributed by atoms with Crippen LogP contribution < -0.4 is 0 Å². The van der Waals surface area contributed by atoms with Gasteiger partial charge in [0.05, 0.1) is 0 Å². The van der Waals surface area contributed by atoms with E-state index in [1.165, 1.54) is 51.9 Å². The van der Waals surface area contributed by atoms with Gasteiger partial charge in [-0.3, -0.25) is 9.69 Å². The van der Waals surface area contributed by atoms with Crippen LogP contribution in [0.15, 0.2) is 0 Å². The normalized spacial score (nSPS) is 24.6. The Kier molecular flexibility index (Phi) is 5.26. The first-order valence-corrected chi connectivity index (χ1v) is 7.02. The van der Waals surface area contributed by atoms with Crippen LogP contribution in [0, 0.1) is 0 Å². The van der Waals surface area contributed by atoms with Crippen LogP contribution in [0.3, 0.4) is 0 Å². The molecule has 0 atom stereocenters. The van der Waals surface area contributed by atoms with Crippen molar-refractivity contribution in [2.24, 2.45) is 0 Å². The van der Waals surface area contributed by atoms with Gasteiger partial charge in [-0.2, -0.15) is 0 Å². The molecule has 0 N–H and O–H groups in total. The molecule has 1 amide bonds. The number of hydrogen-bond acceptors (Lipinski definition) is 3. The van der Waals surface area contributed by atoms with Gasteiger partial charge in [0.1, 0.15) is 0 Å². The molecule has 4 heteroatoms. The van der Waals surface area contributed by atoms with E-state index in [1.54, 1.807) is 0 Å². The first-order valence-electron chi connectivity index (χ1n) is 7.02. The number of nitrogens with zero attached hydrogens (tertiary/aromatic N) is 3. The lowest BCUT2D eigenvalue weighted by Crippen LogP contribution is -2.47. The summed E-state index contributed by atoms with van der Waals surface area (Å²) in [5, 5.41) is 0. The van der Waals surface area contributed by atoms with E-state index in [4.69, 9.17) is 0 Å². The molecule has 0 aromatic carbocycles. The van der Waals surface area contributed by atoms with Crippen LogP contribution in [0.2, 0.25) is 0 Å². The minimum Gasteiger partial charge on any atom is -0.343 e. The zero-order valence-corrected chi connectivity index (χ0v) is 10.8. The Hall–Kier alpha value is -0.610. The van der Waals surface area contributed by atoms with Crippen molar-refractivity contribution < 1.29 is 4.79 Å². The summed E-state index contributed by atoms with van der Waals surface area (Å²) in [6, 6.07) is 0. The van der Waals surface area contributed by atoms with Crippen molar-refractivity contribution in [2.75, 3.05) is 52.4 Å². The summed E-state index contributed by atoms with van der Waals surface area (Å²) >= 11 is 0. The minimum atomic E-state index is 0.906. The van der Waals surface area contributed by atoms with E-state index >= 15 is 0 Å². The lowest BCUT2D eigenvalue weighted by molar-refractivity contribution is -0.119. The second-order valence-electron chi connectivity index (χ2n) is 5.24. The maximum absolute atomic E-state index is 10.6. The van der Waals surface area contributed by atoms with Crippen molar-refractivity contribution in [3.63, 3.8) is 0 Å². The van der Waals surface area contributed by atoms with Gasteiger partial charge in [0.15, 0.2) is 0 Å². The molecule has 2 rings (SSSR count). The molecule has 17 heavy (non-hydrogen) atoms. The van der Waals surface area contributed by atoms with Gasteiger partial charge in [0, 0.05) is 39.3 Å². The predicted molar refractivity (Wildman–Crippen MR) is 69.0 cm³/mol. The van der Waals surface area contributed by atoms with Gasteiger partial charge in [0.2, 0.25) is 6.41 Å². The molecule has 2 heterocycles. The fourth-order valence-corrected chi connectivity index (χ4v) is 2.73. The van der Waals surface area contributed by atoms with Crippen LogP contribution in [0.5, 0.6) is 0 Å². The molecule has 2 fully saturated rings. The van der Waals surface area contributed by atoms with Gasteiger partial charge in [-0.05, 0) is 25.9 Å². The molecule has 0 spiro atoms. The molecule has 0 saturated carbocycles. The Labute approximate surface area is 105 Å². The van der Waals surface area contributed by atoms with Crippen molar-refractivity contribution in [1.29, 1.82) is 0 Å². The monoisotopic (exact) mass is 239 g/mol. The first-order chi connectivity index (χ1) is 8.38. The molecule has 98 valence electrons. The van der Waals surface area contributed by atoms with E-state index in [9.17, 15) is 4.79 Å². The lowest BCUT2D eigenvalue weighted by atomic mass is 10.2. The van der Waals surface area contributed by atoms with Gasteiger partial charge in [-0.25, -0.2) is 0 Å². The molecule has 0 unspecified atom stereocenters. The van der Waals surface area contributed by atoms with E-state index in [0.29, 0.717) is 0 Å². The maximum Gasteiger partial charge on any atom is 0.209 e. The maximum atomic E-state index is 10.6. The van der Waals surface area contributed by atoms with Crippen molar-refractivity contribution in [3.05, 3.63) is 0 Å². The Morgan fingerprint density at radius 2 is 1.24 bits per heavy atom. The summed E-state index contributed by atoms with van der Waals surface area (Å²) in [7, 11) is 0. The number of piperazine rings is 1. The summed E-state index contributed by atoms with van der Waals surface area (Å²) in [6.45, 7) is 8.86. The summed E-state index contributed by atoms with van der Waals surface area (Å²) in [5.74, 6) is 0. The quantitative estimate of drug-likeness (QED) is 0.674. The fourth-order valence-electron chi connectivity index (χ4n) is 2.73. The number of hydrogen-bond donors (Lipinski definition) is 0. The second-order valence-corrected chi connectivity index (χ2v) is 5.24. The van der Waals surface area contributed by atoms with Crippen LogP contribution in [0.25, 0.3) is 0 Å². The van der Waals surface area contributed by atoms with E-state index < -0.39 is 0 Å². The molecule has 0 aromatic heterocycles. The van der Waals surface area contributed by atoms with Crippen molar-refractivity contribution >= 4 is 6.41 Å². The summed E-state index contributed by atoms with van der Waals surface area (Å²) in [6.07, 6.45) is 6.55. The largest absolute Gasteiger partial charge is 0.343 e. The predicted octanol–water partition coefficient (Wildman–Crippen LogP) is 0.636. The molecule has 0 aromatic rings. The topological polar surface area (TPSA) is 26.8 Å². The summed E-state index contributed by atoms with van der Waals surface area (Å²) in [5.41, 5.74) is 0. The molecule has 0 bridgehead atoms. The highest BCUT2D eigenvalue weighted by Gasteiger charge is 2.16. The Bertz CT molecular complexity index is 219. The number of likely N-dealkylation sites (tertiary alicyclic amines) is 1. The van der Waals surface area contributed by atoms with Gasteiger partial charge in [-0.1, -0.05) is 12.8 Å². The van der Waals surface area contributed by atoms with E-state index in [1.807, 2.05) is 4.90 Å². The van der Waals surface area contributed by atoms with E-state index in [0.717, 1.165) is 32.6 Å². The van der Waals surface area contributed by atoms with E-state index in [2.05, 4.69) is 9.80 Å². The van der Waals surface area contributed by atoms with Crippen LogP contribution in [0.1, 0.15) is 25.7 Å². The SMILES string of the molecule is O=CN1CCN(CCN2CCCCCC2)CC1. The minimum absolute atomic E-state index is 0.906. The zero-order valence-electron chi connectivity index (χ0n) is 10.8. The van der Waals surface area contributed by atoms with Crippen molar-refractivity contribution in [2.45, 2.75) is 25.7 Å². The Morgan fingerprint density at radius 3 is 1.76 bits per heavy atom. The van der Waals surface area contributed by atoms with Crippen LogP contribution in [-0.2, 0) is 4.79 Å². The molecule has 2 aliphatic heterocycles. The van der Waals surface area contributed by atoms with Gasteiger partial charge in [-0.15, -0.1) is 0 Å².